The first-order chi connectivity index (χ1) is 14.4. The second kappa shape index (κ2) is 9.46. The fourth-order valence-electron chi connectivity index (χ4n) is 7.69. The number of hydrogen-bond donors (Lipinski definition) is 2. The van der Waals surface area contributed by atoms with Crippen molar-refractivity contribution in [2.24, 2.45) is 29.1 Å². The molecule has 0 aromatic heterocycles. The van der Waals surface area contributed by atoms with E-state index in [2.05, 4.69) is 37.8 Å². The van der Waals surface area contributed by atoms with Crippen LogP contribution in [0.1, 0.15) is 85.0 Å². The van der Waals surface area contributed by atoms with Crippen molar-refractivity contribution >= 4 is 0 Å². The van der Waals surface area contributed by atoms with Gasteiger partial charge in [-0.05, 0) is 93.4 Å². The Labute approximate surface area is 184 Å². The monoisotopic (exact) mass is 415 g/mol. The molecule has 0 bridgehead atoms. The molecule has 170 valence electrons. The van der Waals surface area contributed by atoms with E-state index < -0.39 is 0 Å². The molecule has 4 rings (SSSR count). The predicted octanol–water partition coefficient (Wildman–Crippen LogP) is 5.33. The Balaban J connectivity index is 1.42. The van der Waals surface area contributed by atoms with Crippen LogP contribution >= 0.6 is 0 Å². The van der Waals surface area contributed by atoms with Gasteiger partial charge >= 0.3 is 0 Å². The van der Waals surface area contributed by atoms with Gasteiger partial charge in [0, 0.05) is 13.1 Å². The quantitative estimate of drug-likeness (QED) is 0.638. The van der Waals surface area contributed by atoms with E-state index in [0.717, 1.165) is 36.5 Å². The lowest BCUT2D eigenvalue weighted by atomic mass is 9.61. The first-order valence-corrected chi connectivity index (χ1v) is 12.9. The molecule has 0 amide bonds. The van der Waals surface area contributed by atoms with Crippen LogP contribution in [0.4, 0.5) is 0 Å². The highest BCUT2D eigenvalue weighted by atomic mass is 16.3. The van der Waals surface area contributed by atoms with Gasteiger partial charge in [-0.1, -0.05) is 50.5 Å². The summed E-state index contributed by atoms with van der Waals surface area (Å²) in [5.74, 6) is 3.30. The molecule has 30 heavy (non-hydrogen) atoms. The second-order valence-electron chi connectivity index (χ2n) is 11.4. The van der Waals surface area contributed by atoms with Gasteiger partial charge in [0.2, 0.25) is 0 Å². The lowest BCUT2D eigenvalue weighted by Gasteiger charge is -2.45. The average Bonchev–Trinajstić information content (AvgIpc) is 3.29. The van der Waals surface area contributed by atoms with E-state index in [1.807, 2.05) is 0 Å². The van der Waals surface area contributed by atoms with E-state index in [1.165, 1.54) is 70.2 Å². The zero-order chi connectivity index (χ0) is 21.3. The summed E-state index contributed by atoms with van der Waals surface area (Å²) in [6.45, 7) is 11.4. The summed E-state index contributed by atoms with van der Waals surface area (Å²) < 4.78 is 0. The van der Waals surface area contributed by atoms with Crippen molar-refractivity contribution in [1.29, 1.82) is 0 Å². The molecule has 1 unspecified atom stereocenters. The Kier molecular flexibility index (Phi) is 7.11. The first kappa shape index (κ1) is 22.6. The molecule has 7 atom stereocenters. The van der Waals surface area contributed by atoms with Crippen molar-refractivity contribution in [2.45, 2.75) is 97.2 Å². The smallest absolute Gasteiger partial charge is 0.0602 e. The number of aliphatic hydroxyl groups is 2. The largest absolute Gasteiger partial charge is 0.393 e. The van der Waals surface area contributed by atoms with Gasteiger partial charge in [-0.25, -0.2) is 0 Å². The van der Waals surface area contributed by atoms with Crippen LogP contribution in [0, 0.1) is 29.1 Å². The van der Waals surface area contributed by atoms with Gasteiger partial charge in [-0.15, -0.1) is 0 Å². The maximum absolute atomic E-state index is 10.00. The van der Waals surface area contributed by atoms with Crippen molar-refractivity contribution < 1.29 is 10.2 Å². The van der Waals surface area contributed by atoms with Gasteiger partial charge in [-0.3, -0.25) is 0 Å². The molecule has 3 aliphatic carbocycles. The minimum atomic E-state index is -0.371. The molecule has 3 nitrogen and oxygen atoms in total. The van der Waals surface area contributed by atoms with Crippen molar-refractivity contribution in [2.75, 3.05) is 19.6 Å². The summed E-state index contributed by atoms with van der Waals surface area (Å²) in [4.78, 5) is 2.75. The van der Waals surface area contributed by atoms with E-state index in [1.54, 1.807) is 5.57 Å². The maximum Gasteiger partial charge on any atom is 0.0602 e. The molecule has 0 radical (unpaired) electrons. The van der Waals surface area contributed by atoms with Crippen LogP contribution in [0.25, 0.3) is 0 Å². The van der Waals surface area contributed by atoms with Crippen LogP contribution in [0.2, 0.25) is 0 Å². The summed E-state index contributed by atoms with van der Waals surface area (Å²) in [5, 5.41) is 20.0. The number of allylic oxidation sites excluding steroid dienone is 3. The molecular formula is C27H45NO2. The van der Waals surface area contributed by atoms with E-state index in [9.17, 15) is 10.2 Å². The molecule has 4 aliphatic rings. The zero-order valence-corrected chi connectivity index (χ0v) is 19.7. The van der Waals surface area contributed by atoms with E-state index >= 15 is 0 Å². The summed E-state index contributed by atoms with van der Waals surface area (Å²) >= 11 is 0. The van der Waals surface area contributed by atoms with E-state index in [0.29, 0.717) is 11.8 Å². The first-order valence-electron chi connectivity index (χ1n) is 12.9. The normalized spacial score (nSPS) is 42.5. The fraction of sp³-hybridized carbons (Fsp3) is 0.852. The Morgan fingerprint density at radius 3 is 2.60 bits per heavy atom. The standard InChI is InChI=1S/C27H45NO2/c1-4-20-11-13-28(18-20)17-19(2)25-9-10-26-22(6-5-12-27(25,26)3)8-7-21-14-23(29)16-24(30)15-21/h7-8,19-20,23-26,29-30H,4-6,9-18H2,1-3H3/b22-8+/t19?,20-,23+,24+,25+,26-,27+/m0/s1. The van der Waals surface area contributed by atoms with Crippen LogP contribution in [0.5, 0.6) is 0 Å². The molecule has 2 N–H and O–H groups in total. The van der Waals surface area contributed by atoms with Gasteiger partial charge in [0.05, 0.1) is 12.2 Å². The fourth-order valence-corrected chi connectivity index (χ4v) is 7.69. The molecule has 0 aromatic carbocycles. The minimum absolute atomic E-state index is 0.371. The van der Waals surface area contributed by atoms with Gasteiger partial charge in [-0.2, -0.15) is 0 Å². The van der Waals surface area contributed by atoms with Crippen molar-refractivity contribution in [3.8, 4) is 0 Å². The lowest BCUT2D eigenvalue weighted by molar-refractivity contribution is 0.0609. The van der Waals surface area contributed by atoms with Crippen molar-refractivity contribution in [3.63, 3.8) is 0 Å². The third-order valence-electron chi connectivity index (χ3n) is 9.29. The Morgan fingerprint density at radius 1 is 1.13 bits per heavy atom. The molecule has 1 aliphatic heterocycles. The summed E-state index contributed by atoms with van der Waals surface area (Å²) in [6.07, 6.45) is 15.3. The van der Waals surface area contributed by atoms with Crippen LogP contribution < -0.4 is 0 Å². The Morgan fingerprint density at radius 2 is 1.90 bits per heavy atom. The van der Waals surface area contributed by atoms with Crippen LogP contribution in [0.15, 0.2) is 23.3 Å². The molecular weight excluding hydrogens is 370 g/mol. The molecule has 1 heterocycles. The van der Waals surface area contributed by atoms with Gasteiger partial charge in [0.1, 0.15) is 0 Å². The maximum atomic E-state index is 10.00. The predicted molar refractivity (Wildman–Crippen MR) is 124 cm³/mol. The second-order valence-corrected chi connectivity index (χ2v) is 11.4. The molecule has 1 saturated heterocycles. The number of rotatable bonds is 5. The summed E-state index contributed by atoms with van der Waals surface area (Å²) in [6, 6.07) is 0. The molecule has 3 heteroatoms. The third-order valence-corrected chi connectivity index (χ3v) is 9.29. The van der Waals surface area contributed by atoms with E-state index in [4.69, 9.17) is 0 Å². The van der Waals surface area contributed by atoms with Crippen molar-refractivity contribution in [1.82, 2.24) is 4.90 Å². The van der Waals surface area contributed by atoms with E-state index in [-0.39, 0.29) is 12.2 Å². The topological polar surface area (TPSA) is 43.7 Å². The zero-order valence-electron chi connectivity index (χ0n) is 19.7. The van der Waals surface area contributed by atoms with Gasteiger partial charge in [0.15, 0.2) is 0 Å². The minimum Gasteiger partial charge on any atom is -0.393 e. The van der Waals surface area contributed by atoms with Gasteiger partial charge < -0.3 is 15.1 Å². The summed E-state index contributed by atoms with van der Waals surface area (Å²) in [7, 11) is 0. The molecule has 3 saturated carbocycles. The highest BCUT2D eigenvalue weighted by Crippen LogP contribution is 2.59. The molecule has 0 spiro atoms. The Bertz CT molecular complexity index is 643. The number of aliphatic hydroxyl groups excluding tert-OH is 2. The van der Waals surface area contributed by atoms with Gasteiger partial charge in [0.25, 0.3) is 0 Å². The average molecular weight is 416 g/mol. The highest BCUT2D eigenvalue weighted by molar-refractivity contribution is 5.26. The highest BCUT2D eigenvalue weighted by Gasteiger charge is 2.50. The van der Waals surface area contributed by atoms with Crippen LogP contribution in [0.3, 0.4) is 0 Å². The molecule has 0 aromatic rings. The van der Waals surface area contributed by atoms with Crippen molar-refractivity contribution in [3.05, 3.63) is 23.3 Å². The summed E-state index contributed by atoms with van der Waals surface area (Å²) in [5.41, 5.74) is 3.33. The SMILES string of the molecule is CC[C@H]1CCN(CC(C)[C@H]2CC[C@H]3/C(=C/C=C4C[C@@H](O)C[C@H](O)C4)CCC[C@]23C)C1. The van der Waals surface area contributed by atoms with Crippen LogP contribution in [-0.2, 0) is 0 Å². The Hall–Kier alpha value is -0.640. The molecule has 4 fully saturated rings. The van der Waals surface area contributed by atoms with Crippen LogP contribution in [-0.4, -0.2) is 47.0 Å². The number of likely N-dealkylation sites (tertiary alicyclic amines) is 1. The lowest BCUT2D eigenvalue weighted by Crippen LogP contribution is -2.39. The third kappa shape index (κ3) is 4.74. The number of fused-ring (bicyclic) bond motifs is 1. The number of nitrogens with zero attached hydrogens (tertiary/aromatic N) is 1. The number of hydrogen-bond acceptors (Lipinski definition) is 3.